The number of nitrogens with one attached hydrogen (secondary N) is 1. The van der Waals surface area contributed by atoms with Gasteiger partial charge in [0.1, 0.15) is 12.4 Å². The minimum Gasteiger partial charge on any atom is -0.491 e. The number of benzene rings is 1. The molecule has 1 heterocycles. The van der Waals surface area contributed by atoms with Crippen LogP contribution in [-0.4, -0.2) is 20.3 Å². The van der Waals surface area contributed by atoms with E-state index in [2.05, 4.69) is 48.8 Å². The van der Waals surface area contributed by atoms with Gasteiger partial charge in [0.25, 0.3) is 0 Å². The van der Waals surface area contributed by atoms with Crippen LogP contribution in [0.15, 0.2) is 41.8 Å². The van der Waals surface area contributed by atoms with Gasteiger partial charge in [0.2, 0.25) is 0 Å². The van der Waals surface area contributed by atoms with Crippen molar-refractivity contribution in [2.75, 3.05) is 25.6 Å². The van der Waals surface area contributed by atoms with E-state index in [1.165, 1.54) is 4.88 Å². The predicted octanol–water partition coefficient (Wildman–Crippen LogP) is 4.58. The maximum Gasteiger partial charge on any atom is 0.119 e. The lowest BCUT2D eigenvalue weighted by molar-refractivity contribution is 0.146. The quantitative estimate of drug-likeness (QED) is 0.724. The van der Waals surface area contributed by atoms with Crippen molar-refractivity contribution in [1.82, 2.24) is 0 Å². The average Bonchev–Trinajstić information content (AvgIpc) is 3.00. The Labute approximate surface area is 130 Å². The molecule has 1 N–H and O–H groups in total. The molecule has 4 heteroatoms. The van der Waals surface area contributed by atoms with Crippen LogP contribution in [0.1, 0.15) is 24.8 Å². The third-order valence-corrected chi connectivity index (χ3v) is 4.20. The number of rotatable bonds is 8. The minimum absolute atomic E-state index is 0.338. The number of ether oxygens (including phenoxy) is 2. The average molecular weight is 305 g/mol. The summed E-state index contributed by atoms with van der Waals surface area (Å²) in [5.41, 5.74) is 1.11. The van der Waals surface area contributed by atoms with Crippen molar-refractivity contribution in [1.29, 1.82) is 0 Å². The molecule has 1 unspecified atom stereocenters. The third kappa shape index (κ3) is 4.76. The van der Waals surface area contributed by atoms with Crippen LogP contribution in [0, 0.1) is 5.92 Å². The lowest BCUT2D eigenvalue weighted by Gasteiger charge is -2.22. The van der Waals surface area contributed by atoms with Gasteiger partial charge in [-0.3, -0.25) is 0 Å². The largest absolute Gasteiger partial charge is 0.491 e. The summed E-state index contributed by atoms with van der Waals surface area (Å²) in [4.78, 5) is 1.37. The second-order valence-electron chi connectivity index (χ2n) is 5.25. The van der Waals surface area contributed by atoms with Crippen molar-refractivity contribution < 1.29 is 9.47 Å². The molecular weight excluding hydrogens is 282 g/mol. The van der Waals surface area contributed by atoms with Crippen LogP contribution in [0.4, 0.5) is 5.69 Å². The van der Waals surface area contributed by atoms with Gasteiger partial charge in [0, 0.05) is 17.7 Å². The Morgan fingerprint density at radius 2 is 1.86 bits per heavy atom. The molecule has 0 saturated heterocycles. The first-order chi connectivity index (χ1) is 10.2. The monoisotopic (exact) mass is 305 g/mol. The molecule has 0 aliphatic carbocycles. The Balaban J connectivity index is 1.98. The molecule has 0 aliphatic heterocycles. The van der Waals surface area contributed by atoms with E-state index < -0.39 is 0 Å². The zero-order chi connectivity index (χ0) is 15.1. The number of thiophene rings is 1. The van der Waals surface area contributed by atoms with Crippen molar-refractivity contribution >= 4 is 17.0 Å². The molecule has 114 valence electrons. The molecule has 0 amide bonds. The molecule has 21 heavy (non-hydrogen) atoms. The second-order valence-corrected chi connectivity index (χ2v) is 6.23. The summed E-state index contributed by atoms with van der Waals surface area (Å²) in [6, 6.07) is 12.7. The molecule has 3 nitrogen and oxygen atoms in total. The Bertz CT molecular complexity index is 508. The summed E-state index contributed by atoms with van der Waals surface area (Å²) in [5.74, 6) is 1.40. The first kappa shape index (κ1) is 15.9. The molecule has 2 aromatic rings. The molecule has 0 fully saturated rings. The van der Waals surface area contributed by atoms with Crippen LogP contribution in [0.5, 0.6) is 5.75 Å². The van der Waals surface area contributed by atoms with Crippen molar-refractivity contribution in [3.8, 4) is 5.75 Å². The van der Waals surface area contributed by atoms with Crippen molar-refractivity contribution in [2.45, 2.75) is 19.9 Å². The lowest BCUT2D eigenvalue weighted by atomic mass is 10.0. The summed E-state index contributed by atoms with van der Waals surface area (Å²) in [6.07, 6.45) is 0. The van der Waals surface area contributed by atoms with E-state index in [-0.39, 0.29) is 0 Å². The van der Waals surface area contributed by atoms with Gasteiger partial charge in [-0.05, 0) is 41.6 Å². The van der Waals surface area contributed by atoms with Gasteiger partial charge < -0.3 is 14.8 Å². The summed E-state index contributed by atoms with van der Waals surface area (Å²) in [6.45, 7) is 5.65. The molecule has 1 atom stereocenters. The van der Waals surface area contributed by atoms with E-state index in [0.717, 1.165) is 11.4 Å². The SMILES string of the molecule is COCCOc1ccc(NC(c2cccs2)C(C)C)cc1. The standard InChI is InChI=1S/C17H23NO2S/c1-13(2)17(16-5-4-12-21-16)18-14-6-8-15(9-7-14)20-11-10-19-3/h4-9,12-13,17-18H,10-11H2,1-3H3. The van der Waals surface area contributed by atoms with Crippen LogP contribution in [-0.2, 0) is 4.74 Å². The maximum atomic E-state index is 5.58. The zero-order valence-electron chi connectivity index (χ0n) is 12.8. The van der Waals surface area contributed by atoms with Gasteiger partial charge in [-0.25, -0.2) is 0 Å². The summed E-state index contributed by atoms with van der Waals surface area (Å²) in [5, 5.41) is 5.73. The van der Waals surface area contributed by atoms with E-state index >= 15 is 0 Å². The first-order valence-corrected chi connectivity index (χ1v) is 8.10. The van der Waals surface area contributed by atoms with Crippen LogP contribution in [0.2, 0.25) is 0 Å². The summed E-state index contributed by atoms with van der Waals surface area (Å²) < 4.78 is 10.5. The highest BCUT2D eigenvalue weighted by Gasteiger charge is 2.16. The maximum absolute atomic E-state index is 5.58. The van der Waals surface area contributed by atoms with Crippen molar-refractivity contribution in [3.05, 3.63) is 46.7 Å². The Morgan fingerprint density at radius 1 is 1.10 bits per heavy atom. The predicted molar refractivity (Wildman–Crippen MR) is 89.3 cm³/mol. The number of methoxy groups -OCH3 is 1. The number of hydrogen-bond acceptors (Lipinski definition) is 4. The Kier molecular flexibility index (Phi) is 6.08. The van der Waals surface area contributed by atoms with Crippen LogP contribution < -0.4 is 10.1 Å². The van der Waals surface area contributed by atoms with Crippen LogP contribution >= 0.6 is 11.3 Å². The highest BCUT2D eigenvalue weighted by Crippen LogP contribution is 2.30. The molecule has 0 spiro atoms. The Hall–Kier alpha value is -1.52. The topological polar surface area (TPSA) is 30.5 Å². The molecule has 0 bridgehead atoms. The normalized spacial score (nSPS) is 12.4. The number of anilines is 1. The molecule has 0 aliphatic rings. The lowest BCUT2D eigenvalue weighted by Crippen LogP contribution is -2.15. The minimum atomic E-state index is 0.338. The Morgan fingerprint density at radius 3 is 2.43 bits per heavy atom. The molecule has 0 saturated carbocycles. The van der Waals surface area contributed by atoms with Crippen molar-refractivity contribution in [2.24, 2.45) is 5.92 Å². The highest BCUT2D eigenvalue weighted by molar-refractivity contribution is 7.10. The van der Waals surface area contributed by atoms with Gasteiger partial charge >= 0.3 is 0 Å². The van der Waals surface area contributed by atoms with E-state index in [1.54, 1.807) is 18.4 Å². The van der Waals surface area contributed by atoms with Gasteiger partial charge in [0.15, 0.2) is 0 Å². The molecule has 1 aromatic heterocycles. The molecule has 0 radical (unpaired) electrons. The second kappa shape index (κ2) is 8.05. The van der Waals surface area contributed by atoms with E-state index in [0.29, 0.717) is 25.2 Å². The number of hydrogen-bond donors (Lipinski definition) is 1. The van der Waals surface area contributed by atoms with E-state index in [1.807, 2.05) is 12.1 Å². The van der Waals surface area contributed by atoms with Gasteiger partial charge in [0.05, 0.1) is 12.6 Å². The first-order valence-electron chi connectivity index (χ1n) is 7.22. The van der Waals surface area contributed by atoms with E-state index in [4.69, 9.17) is 9.47 Å². The van der Waals surface area contributed by atoms with Gasteiger partial charge in [-0.1, -0.05) is 19.9 Å². The van der Waals surface area contributed by atoms with Gasteiger partial charge in [-0.2, -0.15) is 0 Å². The van der Waals surface area contributed by atoms with E-state index in [9.17, 15) is 0 Å². The molecular formula is C17H23NO2S. The fourth-order valence-electron chi connectivity index (χ4n) is 2.10. The fourth-order valence-corrected chi connectivity index (χ4v) is 3.05. The summed E-state index contributed by atoms with van der Waals surface area (Å²) in [7, 11) is 1.67. The van der Waals surface area contributed by atoms with Gasteiger partial charge in [-0.15, -0.1) is 11.3 Å². The van der Waals surface area contributed by atoms with Crippen molar-refractivity contribution in [3.63, 3.8) is 0 Å². The third-order valence-electron chi connectivity index (χ3n) is 3.25. The molecule has 2 rings (SSSR count). The molecule has 1 aromatic carbocycles. The van der Waals surface area contributed by atoms with Crippen LogP contribution in [0.3, 0.4) is 0 Å². The van der Waals surface area contributed by atoms with Crippen LogP contribution in [0.25, 0.3) is 0 Å². The fraction of sp³-hybridized carbons (Fsp3) is 0.412. The zero-order valence-corrected chi connectivity index (χ0v) is 13.7. The summed E-state index contributed by atoms with van der Waals surface area (Å²) >= 11 is 1.79. The highest BCUT2D eigenvalue weighted by atomic mass is 32.1. The smallest absolute Gasteiger partial charge is 0.119 e.